The molecule has 16 nitrogen and oxygen atoms in total. The molecule has 8 N–H and O–H groups in total. The second kappa shape index (κ2) is 29.0. The summed E-state index contributed by atoms with van der Waals surface area (Å²) in [6, 6.07) is 30.2. The summed E-state index contributed by atoms with van der Waals surface area (Å²) in [6.45, 7) is 13.6. The molecular formula is C50H62BrN8O8PS3. The number of carbonyl (C=O) groups excluding carboxylic acids is 3. The maximum Gasteiger partial charge on any atom is 0.410 e. The highest BCUT2D eigenvalue weighted by Crippen LogP contribution is 2.31. The zero-order chi connectivity index (χ0) is 52.1. The number of ether oxygens (including phenoxy) is 3. The van der Waals surface area contributed by atoms with Crippen molar-refractivity contribution in [1.29, 1.82) is 0 Å². The molecule has 2 aliphatic rings. The Hall–Kier alpha value is -5.63. The molecule has 2 aliphatic heterocycles. The van der Waals surface area contributed by atoms with Crippen molar-refractivity contribution in [1.82, 2.24) is 15.2 Å². The van der Waals surface area contributed by atoms with Crippen LogP contribution in [0, 0.1) is 13.8 Å². The number of nitrogens with zero attached hydrogens (tertiary/aromatic N) is 3. The highest BCUT2D eigenvalue weighted by molar-refractivity contribution is 9.09. The fourth-order valence-electron chi connectivity index (χ4n) is 6.52. The van der Waals surface area contributed by atoms with Gasteiger partial charge in [0.05, 0.1) is 11.9 Å². The number of alkyl halides is 1. The number of aryl methyl sites for hydroxylation is 2. The van der Waals surface area contributed by atoms with Gasteiger partial charge in [0.2, 0.25) is 5.78 Å². The molecule has 2 fully saturated rings. The SMILES string of the molecule is CC(=O)O.CC(C)(C)OC(=O)N1CCC(Oc2ccc(NC(=S)N=C(N)SCP)cc2)C1.Cc1cccc(C(=O)CBr)c1.Cc1cccc(C(=O)c2sc(Nc3ccc(OC4CCNC4)cc3)nc2N)c1. The van der Waals surface area contributed by atoms with Gasteiger partial charge in [-0.3, -0.25) is 14.4 Å². The number of carboxylic acids is 1. The number of hydrogen-bond acceptors (Lipinski definition) is 14. The van der Waals surface area contributed by atoms with E-state index in [4.69, 9.17) is 47.8 Å². The number of nitrogen functional groups attached to an aromatic ring is 1. The predicted octanol–water partition coefficient (Wildman–Crippen LogP) is 10.1. The number of halogens is 1. The lowest BCUT2D eigenvalue weighted by Gasteiger charge is -2.24. The number of carboxylic acid groups (broad SMARTS) is 1. The zero-order valence-corrected chi connectivity index (χ0v) is 45.7. The van der Waals surface area contributed by atoms with Gasteiger partial charge in [0.15, 0.2) is 21.2 Å². The molecule has 2 saturated heterocycles. The van der Waals surface area contributed by atoms with Crippen LogP contribution in [0.5, 0.6) is 11.5 Å². The molecule has 0 radical (unpaired) electrons. The number of Topliss-reactive ketones (excluding diaryl/α,β-unsaturated/α-hetero) is 1. The van der Waals surface area contributed by atoms with E-state index in [9.17, 15) is 14.4 Å². The first kappa shape index (κ1) is 57.9. The molecule has 0 aliphatic carbocycles. The summed E-state index contributed by atoms with van der Waals surface area (Å²) in [5, 5.41) is 18.6. The lowest BCUT2D eigenvalue weighted by Crippen LogP contribution is -2.36. The molecule has 5 aromatic rings. The number of hydrogen-bond donors (Lipinski definition) is 6. The van der Waals surface area contributed by atoms with Gasteiger partial charge in [-0.15, -0.1) is 9.24 Å². The summed E-state index contributed by atoms with van der Waals surface area (Å²) < 4.78 is 17.3. The van der Waals surface area contributed by atoms with Crippen molar-refractivity contribution in [2.75, 3.05) is 53.4 Å². The lowest BCUT2D eigenvalue weighted by atomic mass is 10.1. The van der Waals surface area contributed by atoms with Crippen LogP contribution < -0.4 is 36.9 Å². The Labute approximate surface area is 439 Å². The van der Waals surface area contributed by atoms with Crippen molar-refractivity contribution >= 4 is 117 Å². The zero-order valence-electron chi connectivity index (χ0n) is 40.5. The van der Waals surface area contributed by atoms with Gasteiger partial charge < -0.3 is 51.6 Å². The Kier molecular flexibility index (Phi) is 23.7. The number of anilines is 4. The number of likely N-dealkylation sites (tertiary alicyclic amines) is 1. The molecule has 380 valence electrons. The fourth-order valence-corrected chi connectivity index (χ4v) is 8.82. The number of amidine groups is 1. The smallest absolute Gasteiger partial charge is 0.410 e. The van der Waals surface area contributed by atoms with Crippen molar-refractivity contribution in [3.8, 4) is 11.5 Å². The van der Waals surface area contributed by atoms with Gasteiger partial charge in [0, 0.05) is 54.4 Å². The van der Waals surface area contributed by atoms with Crippen molar-refractivity contribution in [2.24, 2.45) is 10.7 Å². The van der Waals surface area contributed by atoms with E-state index in [-0.39, 0.29) is 35.7 Å². The summed E-state index contributed by atoms with van der Waals surface area (Å²) in [5.41, 5.74) is 17.2. The summed E-state index contributed by atoms with van der Waals surface area (Å²) >= 11 is 11.0. The van der Waals surface area contributed by atoms with Gasteiger partial charge in [-0.2, -0.15) is 4.99 Å². The molecule has 1 aromatic heterocycles. The first-order chi connectivity index (χ1) is 33.7. The average molecular weight is 1110 g/mol. The van der Waals surface area contributed by atoms with Gasteiger partial charge in [-0.25, -0.2) is 9.78 Å². The quantitative estimate of drug-likeness (QED) is 0.0170. The average Bonchev–Trinajstić information content (AvgIpc) is 4.09. The Morgan fingerprint density at radius 2 is 1.52 bits per heavy atom. The number of nitrogens with one attached hydrogen (secondary N) is 3. The van der Waals surface area contributed by atoms with E-state index < -0.39 is 11.6 Å². The van der Waals surface area contributed by atoms with Crippen LogP contribution in [0.4, 0.5) is 27.1 Å². The topological polar surface area (TPSA) is 233 Å². The molecule has 4 aromatic carbocycles. The largest absolute Gasteiger partial charge is 0.489 e. The Balaban J connectivity index is 0.000000240. The fraction of sp³-hybridized carbons (Fsp3) is 0.340. The van der Waals surface area contributed by atoms with E-state index in [2.05, 4.69) is 51.1 Å². The van der Waals surface area contributed by atoms with E-state index in [1.807, 2.05) is 126 Å². The Morgan fingerprint density at radius 3 is 2.07 bits per heavy atom. The maximum absolute atomic E-state index is 12.7. The number of aliphatic carboxylic acids is 1. The molecular weight excluding hydrogens is 1050 g/mol. The first-order valence-corrected chi connectivity index (χ1v) is 26.6. The van der Waals surface area contributed by atoms with Gasteiger partial charge in [0.25, 0.3) is 5.97 Å². The molecule has 0 spiro atoms. The minimum Gasteiger partial charge on any atom is -0.489 e. The molecule has 3 atom stereocenters. The summed E-state index contributed by atoms with van der Waals surface area (Å²) in [7, 11) is 2.56. The number of nitrogens with two attached hydrogens (primary N) is 2. The van der Waals surface area contributed by atoms with Crippen molar-refractivity contribution in [3.05, 3.63) is 124 Å². The molecule has 71 heavy (non-hydrogen) atoms. The number of thiocarbonyl (C=S) groups is 1. The maximum atomic E-state index is 12.7. The molecule has 7 rings (SSSR count). The summed E-state index contributed by atoms with van der Waals surface area (Å²) in [5.74, 6) is 1.00. The van der Waals surface area contributed by atoms with E-state index in [0.717, 1.165) is 77.9 Å². The van der Waals surface area contributed by atoms with Gasteiger partial charge in [-0.05, 0) is 120 Å². The number of aromatic nitrogens is 1. The van der Waals surface area contributed by atoms with Crippen LogP contribution in [0.15, 0.2) is 102 Å². The number of thioether (sulfide) groups is 1. The predicted molar refractivity (Wildman–Crippen MR) is 299 cm³/mol. The van der Waals surface area contributed by atoms with Crippen LogP contribution in [0.25, 0.3) is 0 Å². The highest BCUT2D eigenvalue weighted by atomic mass is 79.9. The van der Waals surface area contributed by atoms with E-state index in [1.165, 1.54) is 23.1 Å². The second-order valence-corrected chi connectivity index (χ2v) is 20.9. The number of thiazole rings is 1. The van der Waals surface area contributed by atoms with Crippen LogP contribution >= 0.6 is 60.5 Å². The summed E-state index contributed by atoms with van der Waals surface area (Å²) in [6.07, 6.45) is 1.67. The third kappa shape index (κ3) is 21.3. The Bertz CT molecular complexity index is 2590. The van der Waals surface area contributed by atoms with E-state index >= 15 is 0 Å². The number of carbonyl (C=O) groups is 4. The standard InChI is InChI=1S/C21H22N4O2S.C18H27N4O3PS2.C9H9BrO.C2H4O2/c1-13-3-2-4-14(11-13)18(26)19-20(22)25-21(28-19)24-15-5-7-16(8-6-15)27-17-9-10-23-12-17;1-18(2,3)25-17(23)22-9-8-14(10-22)24-13-6-4-12(5-7-13)20-16(27)21-15(19)28-11-26;1-7-3-2-4-8(5-7)9(11)6-10;1-2(3)4/h2-8,11,17,23H,9-10,12,22H2,1H3,(H,24,25);4-7,14H,8-11,26H2,1-3H3,(H3,19,20,21,27);2-5H,6H2,1H3;1H3,(H,3,4). The molecule has 3 unspecified atom stereocenters. The van der Waals surface area contributed by atoms with Crippen LogP contribution in [0.3, 0.4) is 0 Å². The molecule has 3 heterocycles. The monoisotopic (exact) mass is 1110 g/mol. The van der Waals surface area contributed by atoms with E-state index in [0.29, 0.717) is 44.3 Å². The van der Waals surface area contributed by atoms with Crippen LogP contribution in [0.1, 0.15) is 77.3 Å². The van der Waals surface area contributed by atoms with Crippen LogP contribution in [-0.2, 0) is 9.53 Å². The second-order valence-electron chi connectivity index (χ2n) is 16.9. The lowest BCUT2D eigenvalue weighted by molar-refractivity contribution is -0.134. The van der Waals surface area contributed by atoms with Gasteiger partial charge in [-0.1, -0.05) is 86.6 Å². The third-order valence-corrected chi connectivity index (χ3v) is 12.4. The van der Waals surface area contributed by atoms with Crippen LogP contribution in [0.2, 0.25) is 0 Å². The number of amides is 1. The van der Waals surface area contributed by atoms with Crippen molar-refractivity contribution in [3.63, 3.8) is 0 Å². The number of aliphatic imine (C=N–C) groups is 1. The minimum absolute atomic E-state index is 0.0549. The molecule has 1 amide bonds. The van der Waals surface area contributed by atoms with Crippen molar-refractivity contribution in [2.45, 2.75) is 72.2 Å². The number of benzene rings is 4. The number of rotatable bonds is 12. The van der Waals surface area contributed by atoms with Crippen molar-refractivity contribution < 1.29 is 38.5 Å². The van der Waals surface area contributed by atoms with Gasteiger partial charge >= 0.3 is 6.09 Å². The molecule has 21 heteroatoms. The van der Waals surface area contributed by atoms with E-state index in [1.54, 1.807) is 11.0 Å². The first-order valence-electron chi connectivity index (χ1n) is 22.4. The number of ketones is 2. The molecule has 0 bridgehead atoms. The highest BCUT2D eigenvalue weighted by Gasteiger charge is 2.31. The summed E-state index contributed by atoms with van der Waals surface area (Å²) in [4.78, 5) is 55.5. The molecule has 0 saturated carbocycles. The van der Waals surface area contributed by atoms with Gasteiger partial charge in [0.1, 0.15) is 40.0 Å². The third-order valence-electron chi connectivity index (χ3n) is 9.67. The van der Waals surface area contributed by atoms with Crippen LogP contribution in [-0.4, -0.2) is 104 Å². The Morgan fingerprint density at radius 1 is 0.944 bits per heavy atom. The normalized spacial score (nSPS) is 15.0. The minimum atomic E-state index is -0.833.